The minimum Gasteiger partial charge on any atom is -0.445 e. The van der Waals surface area contributed by atoms with E-state index in [-0.39, 0.29) is 6.61 Å². The van der Waals surface area contributed by atoms with E-state index in [1.807, 2.05) is 0 Å². The second-order valence-corrected chi connectivity index (χ2v) is 5.46. The van der Waals surface area contributed by atoms with Crippen LogP contribution in [0.25, 0.3) is 0 Å². The minimum absolute atomic E-state index is 0.328. The molecule has 7 heteroatoms. The topological polar surface area (TPSA) is 64.3 Å². The number of amides is 1. The summed E-state index contributed by atoms with van der Waals surface area (Å²) in [4.78, 5) is 11.2. The number of nitrogen functional groups attached to an aromatic ring is 1. The number of rotatable bonds is 2. The molecule has 0 saturated heterocycles. The Bertz CT molecular complexity index is 379. The molecular formula is C9H9Cl3N2O2. The first-order valence-electron chi connectivity index (χ1n) is 4.23. The van der Waals surface area contributed by atoms with Crippen LogP contribution in [0.1, 0.15) is 0 Å². The second-order valence-electron chi connectivity index (χ2n) is 2.94. The number of hydrogen-bond acceptors (Lipinski definition) is 3. The third kappa shape index (κ3) is 5.30. The van der Waals surface area contributed by atoms with Crippen molar-refractivity contribution < 1.29 is 9.53 Å². The van der Waals surface area contributed by atoms with Gasteiger partial charge in [0, 0.05) is 11.4 Å². The zero-order valence-corrected chi connectivity index (χ0v) is 10.3. The molecule has 0 saturated carbocycles. The molecule has 0 aliphatic rings. The first-order chi connectivity index (χ1) is 7.37. The monoisotopic (exact) mass is 282 g/mol. The molecule has 1 aromatic rings. The van der Waals surface area contributed by atoms with Gasteiger partial charge in [-0.15, -0.1) is 0 Å². The van der Waals surface area contributed by atoms with Crippen LogP contribution >= 0.6 is 34.8 Å². The van der Waals surface area contributed by atoms with Crippen LogP contribution in [0.5, 0.6) is 0 Å². The Morgan fingerprint density at radius 2 is 2.12 bits per heavy atom. The molecule has 0 fully saturated rings. The van der Waals surface area contributed by atoms with Gasteiger partial charge in [0.05, 0.1) is 0 Å². The lowest BCUT2D eigenvalue weighted by atomic mass is 10.3. The van der Waals surface area contributed by atoms with Gasteiger partial charge in [-0.2, -0.15) is 0 Å². The third-order valence-corrected chi connectivity index (χ3v) is 1.83. The molecule has 0 unspecified atom stereocenters. The number of carbonyl (C=O) groups excluding carboxylic acids is 1. The zero-order valence-electron chi connectivity index (χ0n) is 8.04. The number of nitrogens with one attached hydrogen (secondary N) is 1. The van der Waals surface area contributed by atoms with Crippen LogP contribution in [0.2, 0.25) is 0 Å². The molecule has 0 aromatic heterocycles. The van der Waals surface area contributed by atoms with Crippen molar-refractivity contribution in [1.82, 2.24) is 0 Å². The summed E-state index contributed by atoms with van der Waals surface area (Å²) in [6.45, 7) is -0.328. The Morgan fingerprint density at radius 1 is 1.44 bits per heavy atom. The second kappa shape index (κ2) is 5.48. The molecular weight excluding hydrogens is 274 g/mol. The van der Waals surface area contributed by atoms with E-state index in [4.69, 9.17) is 40.5 Å². The number of alkyl halides is 3. The first kappa shape index (κ1) is 13.2. The third-order valence-electron chi connectivity index (χ3n) is 1.50. The number of benzene rings is 1. The fourth-order valence-corrected chi connectivity index (χ4v) is 1.08. The van der Waals surface area contributed by atoms with Crippen LogP contribution < -0.4 is 11.1 Å². The van der Waals surface area contributed by atoms with Crippen LogP contribution in [-0.2, 0) is 4.74 Å². The molecule has 0 aliphatic carbocycles. The minimum atomic E-state index is -1.62. The van der Waals surface area contributed by atoms with Crippen LogP contribution in [0.15, 0.2) is 24.3 Å². The van der Waals surface area contributed by atoms with Gasteiger partial charge in [0.1, 0.15) is 6.61 Å². The van der Waals surface area contributed by atoms with Crippen molar-refractivity contribution in [2.45, 2.75) is 3.79 Å². The Morgan fingerprint density at radius 3 is 2.69 bits per heavy atom. The van der Waals surface area contributed by atoms with E-state index in [9.17, 15) is 4.79 Å². The summed E-state index contributed by atoms with van der Waals surface area (Å²) in [5, 5.41) is 2.44. The SMILES string of the molecule is Nc1cccc(NC(=O)OCC(Cl)(Cl)Cl)c1. The van der Waals surface area contributed by atoms with Crippen molar-refractivity contribution in [3.63, 3.8) is 0 Å². The normalized spacial score (nSPS) is 10.9. The maximum atomic E-state index is 11.2. The van der Waals surface area contributed by atoms with E-state index in [0.717, 1.165) is 0 Å². The fourth-order valence-electron chi connectivity index (χ4n) is 0.918. The van der Waals surface area contributed by atoms with E-state index in [2.05, 4.69) is 10.1 Å². The van der Waals surface area contributed by atoms with Crippen molar-refractivity contribution >= 4 is 52.3 Å². The molecule has 0 atom stereocenters. The molecule has 0 aliphatic heterocycles. The summed E-state index contributed by atoms with van der Waals surface area (Å²) < 4.78 is 3.05. The lowest BCUT2D eigenvalue weighted by Gasteiger charge is -2.12. The highest BCUT2D eigenvalue weighted by atomic mass is 35.6. The molecule has 1 aromatic carbocycles. The van der Waals surface area contributed by atoms with Gasteiger partial charge in [-0.1, -0.05) is 40.9 Å². The summed E-state index contributed by atoms with van der Waals surface area (Å²) in [6, 6.07) is 6.63. The number of halogens is 3. The van der Waals surface area contributed by atoms with Crippen molar-refractivity contribution in [3.05, 3.63) is 24.3 Å². The average molecular weight is 284 g/mol. The maximum Gasteiger partial charge on any atom is 0.411 e. The zero-order chi connectivity index (χ0) is 12.2. The summed E-state index contributed by atoms with van der Waals surface area (Å²) in [6.07, 6.45) is -0.711. The highest BCUT2D eigenvalue weighted by molar-refractivity contribution is 6.67. The summed E-state index contributed by atoms with van der Waals surface area (Å²) >= 11 is 16.2. The number of carbonyl (C=O) groups is 1. The van der Waals surface area contributed by atoms with Gasteiger partial charge >= 0.3 is 6.09 Å². The van der Waals surface area contributed by atoms with Crippen LogP contribution in [0, 0.1) is 0 Å². The van der Waals surface area contributed by atoms with Gasteiger partial charge in [0.15, 0.2) is 0 Å². The Labute approximate surface area is 108 Å². The first-order valence-corrected chi connectivity index (χ1v) is 5.36. The Hall–Kier alpha value is -0.840. The maximum absolute atomic E-state index is 11.2. The average Bonchev–Trinajstić information content (AvgIpc) is 2.14. The summed E-state index contributed by atoms with van der Waals surface area (Å²) in [5.74, 6) is 0. The van der Waals surface area contributed by atoms with E-state index in [0.29, 0.717) is 11.4 Å². The lowest BCUT2D eigenvalue weighted by Crippen LogP contribution is -2.21. The van der Waals surface area contributed by atoms with Crippen LogP contribution in [0.3, 0.4) is 0 Å². The molecule has 1 rings (SSSR count). The van der Waals surface area contributed by atoms with E-state index in [1.165, 1.54) is 0 Å². The fraction of sp³-hybridized carbons (Fsp3) is 0.222. The molecule has 0 spiro atoms. The van der Waals surface area contributed by atoms with Crippen LogP contribution in [0.4, 0.5) is 16.2 Å². The Kier molecular flexibility index (Phi) is 4.53. The number of ether oxygens (including phenoxy) is 1. The van der Waals surface area contributed by atoms with Crippen LogP contribution in [-0.4, -0.2) is 16.5 Å². The molecule has 4 nitrogen and oxygen atoms in total. The van der Waals surface area contributed by atoms with Gasteiger partial charge in [-0.3, -0.25) is 5.32 Å². The molecule has 3 N–H and O–H groups in total. The summed E-state index contributed by atoms with van der Waals surface area (Å²) in [7, 11) is 0. The van der Waals surface area contributed by atoms with Gasteiger partial charge in [-0.25, -0.2) is 4.79 Å². The lowest BCUT2D eigenvalue weighted by molar-refractivity contribution is 0.164. The molecule has 0 heterocycles. The van der Waals surface area contributed by atoms with Crippen molar-refractivity contribution in [2.75, 3.05) is 17.7 Å². The summed E-state index contributed by atoms with van der Waals surface area (Å²) in [5.41, 5.74) is 6.56. The molecule has 88 valence electrons. The van der Waals surface area contributed by atoms with E-state index < -0.39 is 9.89 Å². The molecule has 16 heavy (non-hydrogen) atoms. The standard InChI is InChI=1S/C9H9Cl3N2O2/c10-9(11,12)5-16-8(15)14-7-3-1-2-6(13)4-7/h1-4H,5,13H2,(H,14,15). The predicted molar refractivity (Wildman–Crippen MR) is 66.1 cm³/mol. The number of hydrogen-bond donors (Lipinski definition) is 2. The molecule has 1 amide bonds. The number of anilines is 2. The smallest absolute Gasteiger partial charge is 0.411 e. The van der Waals surface area contributed by atoms with Gasteiger partial charge in [0.2, 0.25) is 3.79 Å². The largest absolute Gasteiger partial charge is 0.445 e. The Balaban J connectivity index is 2.46. The van der Waals surface area contributed by atoms with E-state index in [1.54, 1.807) is 24.3 Å². The van der Waals surface area contributed by atoms with E-state index >= 15 is 0 Å². The predicted octanol–water partition coefficient (Wildman–Crippen LogP) is 3.19. The van der Waals surface area contributed by atoms with Gasteiger partial charge < -0.3 is 10.5 Å². The van der Waals surface area contributed by atoms with Crippen molar-refractivity contribution in [1.29, 1.82) is 0 Å². The highest BCUT2D eigenvalue weighted by Crippen LogP contribution is 2.26. The van der Waals surface area contributed by atoms with Crippen molar-refractivity contribution in [3.8, 4) is 0 Å². The van der Waals surface area contributed by atoms with Gasteiger partial charge in [-0.05, 0) is 18.2 Å². The van der Waals surface area contributed by atoms with Crippen molar-refractivity contribution in [2.24, 2.45) is 0 Å². The highest BCUT2D eigenvalue weighted by Gasteiger charge is 2.22. The van der Waals surface area contributed by atoms with Gasteiger partial charge in [0.25, 0.3) is 0 Å². The molecule has 0 radical (unpaired) electrons. The quantitative estimate of drug-likeness (QED) is 0.647. The molecule has 0 bridgehead atoms. The number of nitrogens with two attached hydrogens (primary N) is 1.